The summed E-state index contributed by atoms with van der Waals surface area (Å²) in [7, 11) is 0. The summed E-state index contributed by atoms with van der Waals surface area (Å²) in [5.74, 6) is 1.08. The molecule has 2 heterocycles. The molecule has 0 aliphatic rings. The number of aromatic nitrogens is 3. The summed E-state index contributed by atoms with van der Waals surface area (Å²) in [6.45, 7) is 3.02. The van der Waals surface area contributed by atoms with Gasteiger partial charge in [0.1, 0.15) is 17.1 Å². The summed E-state index contributed by atoms with van der Waals surface area (Å²) in [6.07, 6.45) is 4.56. The van der Waals surface area contributed by atoms with Crippen LogP contribution in [0.1, 0.15) is 13.3 Å². The van der Waals surface area contributed by atoms with Crippen LogP contribution in [0.3, 0.4) is 0 Å². The molecular weight excluding hydrogens is 318 g/mol. The fourth-order valence-electron chi connectivity index (χ4n) is 2.30. The van der Waals surface area contributed by atoms with Crippen LogP contribution in [-0.2, 0) is 6.54 Å². The molecule has 0 spiro atoms. The molecule has 0 atom stereocenters. The van der Waals surface area contributed by atoms with Gasteiger partial charge in [0.2, 0.25) is 0 Å². The smallest absolute Gasteiger partial charge is 0.141 e. The Hall–Kier alpha value is -1.88. The van der Waals surface area contributed by atoms with Crippen molar-refractivity contribution in [1.82, 2.24) is 14.5 Å². The number of pyridine rings is 1. The van der Waals surface area contributed by atoms with E-state index in [2.05, 4.69) is 37.4 Å². The van der Waals surface area contributed by atoms with Gasteiger partial charge in [0, 0.05) is 18.3 Å². The first kappa shape index (κ1) is 13.1. The highest BCUT2D eigenvalue weighted by Crippen LogP contribution is 2.31. The summed E-state index contributed by atoms with van der Waals surface area (Å²) >= 11 is 3.30. The minimum atomic E-state index is 0.218. The Kier molecular flexibility index (Phi) is 3.44. The number of phenolic OH excluding ortho intramolecular Hbond substituents is 1. The first-order valence-electron chi connectivity index (χ1n) is 6.50. The molecule has 5 heteroatoms. The van der Waals surface area contributed by atoms with Crippen molar-refractivity contribution >= 4 is 27.0 Å². The Morgan fingerprint density at radius 2 is 2.15 bits per heavy atom. The van der Waals surface area contributed by atoms with Gasteiger partial charge in [-0.1, -0.05) is 6.92 Å². The molecule has 3 rings (SSSR count). The van der Waals surface area contributed by atoms with Crippen LogP contribution in [-0.4, -0.2) is 19.6 Å². The van der Waals surface area contributed by atoms with E-state index in [4.69, 9.17) is 0 Å². The lowest BCUT2D eigenvalue weighted by Gasteiger charge is -2.08. The maximum Gasteiger partial charge on any atom is 0.141 e. The number of hydrogen-bond donors (Lipinski definition) is 1. The number of imidazole rings is 1. The zero-order valence-electron chi connectivity index (χ0n) is 11.0. The van der Waals surface area contributed by atoms with Crippen molar-refractivity contribution in [3.8, 4) is 17.1 Å². The third-order valence-corrected chi connectivity index (χ3v) is 3.87. The van der Waals surface area contributed by atoms with Crippen LogP contribution < -0.4 is 0 Å². The fourth-order valence-corrected chi connectivity index (χ4v) is 2.55. The molecule has 0 amide bonds. The largest absolute Gasteiger partial charge is 0.507 e. The predicted octanol–water partition coefficient (Wildman–Crippen LogP) is 3.98. The van der Waals surface area contributed by atoms with Gasteiger partial charge in [-0.3, -0.25) is 4.98 Å². The summed E-state index contributed by atoms with van der Waals surface area (Å²) in [4.78, 5) is 8.77. The number of nitrogens with zero attached hydrogens (tertiary/aromatic N) is 3. The van der Waals surface area contributed by atoms with Gasteiger partial charge < -0.3 is 9.67 Å². The van der Waals surface area contributed by atoms with E-state index in [9.17, 15) is 5.11 Å². The maximum absolute atomic E-state index is 9.86. The molecule has 102 valence electrons. The Bertz CT molecular complexity index is 767. The number of phenols is 1. The van der Waals surface area contributed by atoms with Crippen molar-refractivity contribution in [2.45, 2.75) is 19.9 Å². The van der Waals surface area contributed by atoms with Gasteiger partial charge in [-0.15, -0.1) is 0 Å². The Morgan fingerprint density at radius 1 is 1.30 bits per heavy atom. The average molecular weight is 332 g/mol. The molecule has 0 saturated heterocycles. The van der Waals surface area contributed by atoms with E-state index < -0.39 is 0 Å². The first-order chi connectivity index (χ1) is 9.70. The van der Waals surface area contributed by atoms with E-state index in [1.807, 2.05) is 18.2 Å². The monoisotopic (exact) mass is 331 g/mol. The van der Waals surface area contributed by atoms with E-state index in [-0.39, 0.29) is 5.75 Å². The van der Waals surface area contributed by atoms with Gasteiger partial charge in [0.05, 0.1) is 16.2 Å². The Morgan fingerprint density at radius 3 is 2.90 bits per heavy atom. The van der Waals surface area contributed by atoms with E-state index in [0.717, 1.165) is 35.4 Å². The summed E-state index contributed by atoms with van der Waals surface area (Å²) in [5, 5.41) is 9.86. The molecule has 0 fully saturated rings. The first-order valence-corrected chi connectivity index (χ1v) is 7.29. The lowest BCUT2D eigenvalue weighted by Crippen LogP contribution is -1.99. The molecule has 0 aliphatic heterocycles. The second kappa shape index (κ2) is 5.25. The molecule has 20 heavy (non-hydrogen) atoms. The van der Waals surface area contributed by atoms with Crippen molar-refractivity contribution in [2.24, 2.45) is 0 Å². The molecule has 0 unspecified atom stereocenters. The van der Waals surface area contributed by atoms with E-state index >= 15 is 0 Å². The quantitative estimate of drug-likeness (QED) is 0.789. The minimum Gasteiger partial charge on any atom is -0.507 e. The number of fused-ring (bicyclic) bond motifs is 1. The molecule has 1 N–H and O–H groups in total. The number of aryl methyl sites for hydroxylation is 1. The van der Waals surface area contributed by atoms with Crippen LogP contribution in [0.5, 0.6) is 5.75 Å². The van der Waals surface area contributed by atoms with Gasteiger partial charge in [0.15, 0.2) is 0 Å². The second-order valence-electron chi connectivity index (χ2n) is 4.62. The number of aromatic hydroxyl groups is 1. The molecular formula is C15H14BrN3O. The number of benzene rings is 1. The van der Waals surface area contributed by atoms with Crippen LogP contribution in [0.2, 0.25) is 0 Å². The van der Waals surface area contributed by atoms with Gasteiger partial charge in [0.25, 0.3) is 0 Å². The molecule has 1 aromatic carbocycles. The molecule has 0 bridgehead atoms. The van der Waals surface area contributed by atoms with Crippen molar-refractivity contribution in [3.63, 3.8) is 0 Å². The highest BCUT2D eigenvalue weighted by molar-refractivity contribution is 9.10. The summed E-state index contributed by atoms with van der Waals surface area (Å²) in [5.41, 5.74) is 2.84. The van der Waals surface area contributed by atoms with Crippen LogP contribution in [0.4, 0.5) is 0 Å². The van der Waals surface area contributed by atoms with Gasteiger partial charge in [-0.25, -0.2) is 4.98 Å². The van der Waals surface area contributed by atoms with Crippen molar-refractivity contribution in [3.05, 3.63) is 41.1 Å². The number of rotatable bonds is 3. The average Bonchev–Trinajstić information content (AvgIpc) is 2.82. The van der Waals surface area contributed by atoms with Crippen LogP contribution in [0.15, 0.2) is 41.1 Å². The standard InChI is InChI=1S/C15H14BrN3O/c1-2-7-19-13-5-6-17-9-12(13)18-15(19)10-3-4-11(16)14(20)8-10/h3-6,8-9,20H,2,7H2,1H3. The Balaban J connectivity index is 2.23. The van der Waals surface area contributed by atoms with Crippen LogP contribution in [0.25, 0.3) is 22.4 Å². The second-order valence-corrected chi connectivity index (χ2v) is 5.47. The lowest BCUT2D eigenvalue weighted by atomic mass is 10.2. The van der Waals surface area contributed by atoms with Gasteiger partial charge in [-0.2, -0.15) is 0 Å². The maximum atomic E-state index is 9.86. The zero-order chi connectivity index (χ0) is 14.1. The highest BCUT2D eigenvalue weighted by atomic mass is 79.9. The minimum absolute atomic E-state index is 0.218. The molecule has 4 nitrogen and oxygen atoms in total. The van der Waals surface area contributed by atoms with Crippen molar-refractivity contribution < 1.29 is 5.11 Å². The zero-order valence-corrected chi connectivity index (χ0v) is 12.6. The Labute approximate surface area is 125 Å². The summed E-state index contributed by atoms with van der Waals surface area (Å²) in [6, 6.07) is 7.48. The number of hydrogen-bond acceptors (Lipinski definition) is 3. The lowest BCUT2D eigenvalue weighted by molar-refractivity contribution is 0.472. The predicted molar refractivity (Wildman–Crippen MR) is 82.6 cm³/mol. The normalized spacial score (nSPS) is 11.1. The SMILES string of the molecule is CCCn1c(-c2ccc(Br)c(O)c2)nc2cnccc21. The molecule has 0 aliphatic carbocycles. The molecule has 0 radical (unpaired) electrons. The van der Waals surface area contributed by atoms with Crippen molar-refractivity contribution in [2.75, 3.05) is 0 Å². The molecule has 3 aromatic rings. The molecule has 2 aromatic heterocycles. The van der Waals surface area contributed by atoms with Gasteiger partial charge in [-0.05, 0) is 46.6 Å². The van der Waals surface area contributed by atoms with Gasteiger partial charge >= 0.3 is 0 Å². The number of halogens is 1. The third kappa shape index (κ3) is 2.18. The van der Waals surface area contributed by atoms with Crippen LogP contribution in [0, 0.1) is 0 Å². The topological polar surface area (TPSA) is 50.9 Å². The van der Waals surface area contributed by atoms with Crippen molar-refractivity contribution in [1.29, 1.82) is 0 Å². The fraction of sp³-hybridized carbons (Fsp3) is 0.200. The third-order valence-electron chi connectivity index (χ3n) is 3.20. The summed E-state index contributed by atoms with van der Waals surface area (Å²) < 4.78 is 2.85. The van der Waals surface area contributed by atoms with Crippen LogP contribution >= 0.6 is 15.9 Å². The molecule has 0 saturated carbocycles. The van der Waals surface area contributed by atoms with E-state index in [0.29, 0.717) is 4.47 Å². The van der Waals surface area contributed by atoms with E-state index in [1.54, 1.807) is 18.5 Å². The highest BCUT2D eigenvalue weighted by Gasteiger charge is 2.13. The van der Waals surface area contributed by atoms with E-state index in [1.165, 1.54) is 0 Å².